The quantitative estimate of drug-likeness (QED) is 0.408. The summed E-state index contributed by atoms with van der Waals surface area (Å²) in [7, 11) is 8.41. The van der Waals surface area contributed by atoms with Crippen LogP contribution in [0.5, 0.6) is 5.75 Å². The maximum atomic E-state index is 13.4. The summed E-state index contributed by atoms with van der Waals surface area (Å²) in [6.07, 6.45) is 1.28. The molecule has 0 radical (unpaired) electrons. The van der Waals surface area contributed by atoms with E-state index in [0.717, 1.165) is 19.3 Å². The van der Waals surface area contributed by atoms with Crippen LogP contribution in [-0.2, 0) is 23.7 Å². The number of carbonyl (C=O) groups excluding carboxylic acids is 1. The Labute approximate surface area is 253 Å². The molecule has 2 N–H and O–H groups in total. The predicted molar refractivity (Wildman–Crippen MR) is 155 cm³/mol. The number of hydrogen-bond donors (Lipinski definition) is 2. The highest BCUT2D eigenvalue weighted by molar-refractivity contribution is 5.89. The molecule has 1 spiro atoms. The summed E-state index contributed by atoms with van der Waals surface area (Å²) in [5, 5.41) is 26.4. The van der Waals surface area contributed by atoms with Gasteiger partial charge < -0.3 is 38.6 Å². The maximum absolute atomic E-state index is 13.4. The molecule has 7 bridgehead atoms. The van der Waals surface area contributed by atoms with Crippen LogP contribution in [0, 0.1) is 34.5 Å². The van der Waals surface area contributed by atoms with Crippen molar-refractivity contribution in [3.8, 4) is 5.75 Å². The fraction of sp³-hybridized carbons (Fsp3) is 0.788. The third-order valence-corrected chi connectivity index (χ3v) is 13.1. The summed E-state index contributed by atoms with van der Waals surface area (Å²) < 4.78 is 36.4. The SMILES string of the molecule is CCN1C[C@]2(COC(=O)c3ccc(OC)cc3)CC[C@H](OC)[C@]34C1[C@](O)([C@@H](OC)[C@H]23)[C@@]1(O)C[C@H](OC)[C@H]2C[C@@H]4[C@@H]1[C@H]2OC. The molecule has 10 nitrogen and oxygen atoms in total. The van der Waals surface area contributed by atoms with Crippen molar-refractivity contribution in [2.24, 2.45) is 34.5 Å². The Morgan fingerprint density at radius 2 is 1.77 bits per heavy atom. The van der Waals surface area contributed by atoms with Crippen LogP contribution < -0.4 is 4.74 Å². The first-order valence-corrected chi connectivity index (χ1v) is 15.8. The number of benzene rings is 1. The standard InChI is InChI=1S/C33H47NO9/c1-7-34-16-30(17-43-28(35)18-8-10-19(38-2)11-9-18)13-12-23(40-4)32-21-14-20-22(39-3)15-31(36,24(21)25(20)41-5)33(37,29(32)34)27(42-6)26(30)32/h8-11,20-27,29,36-37H,7,12-17H2,1-6H3/t20-,21-,22+,23+,24-,25+,26-,27+,29?,30+,31-,32+,33-/m1/s1. The highest BCUT2D eigenvalue weighted by Crippen LogP contribution is 2.80. The molecule has 1 unspecified atom stereocenters. The van der Waals surface area contributed by atoms with E-state index in [4.69, 9.17) is 28.4 Å². The minimum Gasteiger partial charge on any atom is -0.497 e. The first-order chi connectivity index (χ1) is 20.7. The van der Waals surface area contributed by atoms with Crippen LogP contribution >= 0.6 is 0 Å². The lowest BCUT2D eigenvalue weighted by atomic mass is 9.42. The van der Waals surface area contributed by atoms with Gasteiger partial charge in [-0.1, -0.05) is 6.92 Å². The molecular weight excluding hydrogens is 554 g/mol. The van der Waals surface area contributed by atoms with Crippen molar-refractivity contribution < 1.29 is 43.4 Å². The van der Waals surface area contributed by atoms with Crippen molar-refractivity contribution in [2.75, 3.05) is 55.2 Å². The van der Waals surface area contributed by atoms with Crippen molar-refractivity contribution >= 4 is 5.97 Å². The van der Waals surface area contributed by atoms with Gasteiger partial charge in [0.1, 0.15) is 17.0 Å². The fourth-order valence-corrected chi connectivity index (χ4v) is 12.0. The summed E-state index contributed by atoms with van der Waals surface area (Å²) in [5.74, 6) is -0.130. The fourth-order valence-electron chi connectivity index (χ4n) is 12.0. The molecule has 1 heterocycles. The van der Waals surface area contributed by atoms with Gasteiger partial charge in [-0.15, -0.1) is 0 Å². The lowest BCUT2D eigenvalue weighted by Gasteiger charge is -2.70. The Morgan fingerprint density at radius 3 is 2.37 bits per heavy atom. The number of esters is 1. The smallest absolute Gasteiger partial charge is 0.338 e. The molecule has 1 aromatic rings. The first-order valence-electron chi connectivity index (χ1n) is 15.8. The zero-order valence-electron chi connectivity index (χ0n) is 26.2. The highest BCUT2D eigenvalue weighted by atomic mass is 16.5. The maximum Gasteiger partial charge on any atom is 0.338 e. The molecule has 0 amide bonds. The van der Waals surface area contributed by atoms with E-state index in [1.165, 1.54) is 0 Å². The van der Waals surface area contributed by atoms with Gasteiger partial charge in [-0.2, -0.15) is 0 Å². The van der Waals surface area contributed by atoms with Crippen LogP contribution in [0.15, 0.2) is 24.3 Å². The first kappa shape index (κ1) is 29.9. The zero-order chi connectivity index (χ0) is 30.5. The second-order valence-electron chi connectivity index (χ2n) is 14.0. The summed E-state index contributed by atoms with van der Waals surface area (Å²) in [6.45, 7) is 3.59. The summed E-state index contributed by atoms with van der Waals surface area (Å²) in [4.78, 5) is 15.7. The van der Waals surface area contributed by atoms with Crippen molar-refractivity contribution in [1.29, 1.82) is 0 Å². The van der Waals surface area contributed by atoms with E-state index in [-0.39, 0.29) is 48.6 Å². The molecule has 1 saturated heterocycles. The number of piperidine rings is 1. The van der Waals surface area contributed by atoms with Gasteiger partial charge in [0.2, 0.25) is 0 Å². The predicted octanol–water partition coefficient (Wildman–Crippen LogP) is 2.14. The van der Waals surface area contributed by atoms with Crippen molar-refractivity contribution in [1.82, 2.24) is 4.90 Å². The molecule has 6 fully saturated rings. The number of aliphatic hydroxyl groups is 2. The zero-order valence-corrected chi connectivity index (χ0v) is 26.2. The van der Waals surface area contributed by atoms with Crippen molar-refractivity contribution in [3.63, 3.8) is 0 Å². The van der Waals surface area contributed by atoms with Crippen molar-refractivity contribution in [3.05, 3.63) is 29.8 Å². The van der Waals surface area contributed by atoms with Gasteiger partial charge in [0.05, 0.1) is 49.7 Å². The van der Waals surface area contributed by atoms with Gasteiger partial charge in [0.25, 0.3) is 0 Å². The molecule has 13 atom stereocenters. The monoisotopic (exact) mass is 601 g/mol. The molecule has 238 valence electrons. The minimum atomic E-state index is -1.62. The van der Waals surface area contributed by atoms with Gasteiger partial charge >= 0.3 is 5.97 Å². The average Bonchev–Trinajstić information content (AvgIpc) is 3.44. The highest BCUT2D eigenvalue weighted by Gasteiger charge is 2.91. The lowest BCUT2D eigenvalue weighted by Crippen LogP contribution is -2.82. The number of fused-ring (bicyclic) bond motifs is 2. The second-order valence-corrected chi connectivity index (χ2v) is 14.0. The molecule has 7 rings (SSSR count). The Bertz CT molecular complexity index is 1250. The Balaban J connectivity index is 1.37. The summed E-state index contributed by atoms with van der Waals surface area (Å²) in [6, 6.07) is 6.54. The third-order valence-electron chi connectivity index (χ3n) is 13.1. The molecule has 1 aromatic carbocycles. The van der Waals surface area contributed by atoms with Crippen molar-refractivity contribution in [2.45, 2.75) is 74.3 Å². The Kier molecular flexibility index (Phi) is 7.03. The lowest BCUT2D eigenvalue weighted by molar-refractivity contribution is -0.320. The molecule has 43 heavy (non-hydrogen) atoms. The number of methoxy groups -OCH3 is 5. The molecule has 10 heteroatoms. The minimum absolute atomic E-state index is 0.000658. The van der Waals surface area contributed by atoms with E-state index in [1.54, 1.807) is 59.8 Å². The molecular formula is C33H47NO9. The Hall–Kier alpha value is -1.79. The number of likely N-dealkylation sites (tertiary alicyclic amines) is 1. The van der Waals surface area contributed by atoms with E-state index >= 15 is 0 Å². The molecule has 6 aliphatic rings. The number of hydrogen-bond acceptors (Lipinski definition) is 10. The van der Waals surface area contributed by atoms with Gasteiger partial charge in [-0.25, -0.2) is 4.79 Å². The molecule has 5 saturated carbocycles. The van der Waals surface area contributed by atoms with Crippen LogP contribution in [0.1, 0.15) is 43.0 Å². The average molecular weight is 602 g/mol. The van der Waals surface area contributed by atoms with Crippen LogP contribution in [0.4, 0.5) is 0 Å². The molecule has 1 aliphatic heterocycles. The van der Waals surface area contributed by atoms with Gasteiger partial charge in [0.15, 0.2) is 0 Å². The second kappa shape index (κ2) is 10.1. The van der Waals surface area contributed by atoms with Crippen LogP contribution in [0.2, 0.25) is 0 Å². The normalized spacial score (nSPS) is 49.2. The van der Waals surface area contributed by atoms with E-state index in [2.05, 4.69) is 11.8 Å². The van der Waals surface area contributed by atoms with E-state index in [9.17, 15) is 15.0 Å². The number of nitrogens with zero attached hydrogens (tertiary/aromatic N) is 1. The third kappa shape index (κ3) is 3.41. The van der Waals surface area contributed by atoms with Crippen LogP contribution in [0.25, 0.3) is 0 Å². The summed E-state index contributed by atoms with van der Waals surface area (Å²) in [5.41, 5.74) is -3.71. The van der Waals surface area contributed by atoms with E-state index in [0.29, 0.717) is 30.8 Å². The topological polar surface area (TPSA) is 116 Å². The number of ether oxygens (including phenoxy) is 6. The van der Waals surface area contributed by atoms with E-state index in [1.807, 2.05) is 0 Å². The van der Waals surface area contributed by atoms with Gasteiger partial charge in [-0.3, -0.25) is 4.90 Å². The summed E-state index contributed by atoms with van der Waals surface area (Å²) >= 11 is 0. The van der Waals surface area contributed by atoms with Crippen LogP contribution in [0.3, 0.4) is 0 Å². The molecule has 5 aliphatic carbocycles. The van der Waals surface area contributed by atoms with Gasteiger partial charge in [-0.05, 0) is 56.0 Å². The van der Waals surface area contributed by atoms with Gasteiger partial charge in [0, 0.05) is 70.0 Å². The Morgan fingerprint density at radius 1 is 1.02 bits per heavy atom. The number of carbonyl (C=O) groups is 1. The molecule has 0 aromatic heterocycles. The largest absolute Gasteiger partial charge is 0.497 e. The number of rotatable bonds is 9. The van der Waals surface area contributed by atoms with E-state index < -0.39 is 40.1 Å². The van der Waals surface area contributed by atoms with Crippen LogP contribution in [-0.4, -0.2) is 118 Å². The number of likely N-dealkylation sites (N-methyl/N-ethyl adjacent to an activating group) is 1.